The van der Waals surface area contributed by atoms with Crippen molar-refractivity contribution >= 4 is 23.1 Å². The molecule has 3 heterocycles. The van der Waals surface area contributed by atoms with Gasteiger partial charge in [0.05, 0.1) is 6.20 Å². The lowest BCUT2D eigenvalue weighted by atomic mass is 10.1. The van der Waals surface area contributed by atoms with Crippen LogP contribution in [0.15, 0.2) is 18.5 Å². The van der Waals surface area contributed by atoms with Crippen molar-refractivity contribution < 1.29 is 0 Å². The van der Waals surface area contributed by atoms with Crippen LogP contribution in [0, 0.1) is 0 Å². The van der Waals surface area contributed by atoms with Gasteiger partial charge in [0.25, 0.3) is 0 Å². The first-order valence-corrected chi connectivity index (χ1v) is 9.07. The van der Waals surface area contributed by atoms with E-state index in [1.165, 1.54) is 28.4 Å². The van der Waals surface area contributed by atoms with E-state index in [4.69, 9.17) is 0 Å². The number of thiophene rings is 1. The fraction of sp³-hybridized carbons (Fsp3) is 0.533. The molecule has 108 valence electrons. The van der Waals surface area contributed by atoms with Gasteiger partial charge in [0.2, 0.25) is 0 Å². The van der Waals surface area contributed by atoms with Crippen LogP contribution in [-0.2, 0) is 25.6 Å². The zero-order valence-corrected chi connectivity index (χ0v) is 13.7. The Labute approximate surface area is 128 Å². The summed E-state index contributed by atoms with van der Waals surface area (Å²) in [6.45, 7) is 0. The molecule has 0 saturated heterocycles. The minimum absolute atomic E-state index is 0.468. The number of aryl methyl sites for hydroxylation is 3. The van der Waals surface area contributed by atoms with Crippen molar-refractivity contribution in [1.82, 2.24) is 15.1 Å². The topological polar surface area (TPSA) is 29.9 Å². The highest BCUT2D eigenvalue weighted by molar-refractivity contribution is 7.98. The van der Waals surface area contributed by atoms with Crippen molar-refractivity contribution in [1.29, 1.82) is 0 Å². The second-order valence-corrected chi connectivity index (χ2v) is 7.58. The molecule has 3 nitrogen and oxygen atoms in total. The Hall–Kier alpha value is -0.780. The van der Waals surface area contributed by atoms with E-state index in [0.29, 0.717) is 6.04 Å². The van der Waals surface area contributed by atoms with E-state index < -0.39 is 0 Å². The highest BCUT2D eigenvalue weighted by Gasteiger charge is 2.18. The molecule has 1 aliphatic heterocycles. The van der Waals surface area contributed by atoms with Gasteiger partial charge in [-0.05, 0) is 49.3 Å². The summed E-state index contributed by atoms with van der Waals surface area (Å²) in [5.74, 6) is 2.48. The zero-order valence-electron chi connectivity index (χ0n) is 12.1. The van der Waals surface area contributed by atoms with Crippen LogP contribution in [0.2, 0.25) is 0 Å². The van der Waals surface area contributed by atoms with Gasteiger partial charge in [-0.2, -0.15) is 16.9 Å². The van der Waals surface area contributed by atoms with Crippen molar-refractivity contribution in [3.63, 3.8) is 0 Å². The van der Waals surface area contributed by atoms with Crippen molar-refractivity contribution in [2.45, 2.75) is 31.1 Å². The number of fused-ring (bicyclic) bond motifs is 1. The van der Waals surface area contributed by atoms with Gasteiger partial charge in [0, 0.05) is 34.8 Å². The Kier molecular flexibility index (Phi) is 4.48. The third-order valence-electron chi connectivity index (χ3n) is 3.82. The number of rotatable bonds is 5. The molecule has 5 heteroatoms. The second kappa shape index (κ2) is 6.33. The predicted octanol–water partition coefficient (Wildman–Crippen LogP) is 3.16. The maximum atomic E-state index is 4.24. The van der Waals surface area contributed by atoms with Gasteiger partial charge in [-0.3, -0.25) is 4.68 Å². The molecule has 0 aliphatic carbocycles. The summed E-state index contributed by atoms with van der Waals surface area (Å²) in [6, 6.07) is 2.90. The first-order chi connectivity index (χ1) is 9.76. The molecular weight excluding hydrogens is 286 g/mol. The Morgan fingerprint density at radius 2 is 2.40 bits per heavy atom. The highest BCUT2D eigenvalue weighted by Crippen LogP contribution is 2.35. The number of hydrogen-bond donors (Lipinski definition) is 1. The van der Waals surface area contributed by atoms with Crippen LogP contribution in [0.3, 0.4) is 0 Å². The van der Waals surface area contributed by atoms with Gasteiger partial charge in [-0.25, -0.2) is 0 Å². The largest absolute Gasteiger partial charge is 0.312 e. The maximum Gasteiger partial charge on any atom is 0.0521 e. The third kappa shape index (κ3) is 3.10. The second-order valence-electron chi connectivity index (χ2n) is 5.30. The molecule has 3 rings (SSSR count). The highest BCUT2D eigenvalue weighted by atomic mass is 32.2. The molecule has 0 aromatic carbocycles. The maximum absolute atomic E-state index is 4.24. The summed E-state index contributed by atoms with van der Waals surface area (Å²) in [4.78, 5) is 3.12. The summed E-state index contributed by atoms with van der Waals surface area (Å²) in [5, 5.41) is 7.72. The Bertz CT molecular complexity index is 550. The van der Waals surface area contributed by atoms with Crippen LogP contribution in [0.25, 0.3) is 0 Å². The van der Waals surface area contributed by atoms with Crippen LogP contribution in [-0.4, -0.2) is 22.6 Å². The number of nitrogens with zero attached hydrogens (tertiary/aromatic N) is 2. The molecule has 20 heavy (non-hydrogen) atoms. The Morgan fingerprint density at radius 1 is 1.50 bits per heavy atom. The smallest absolute Gasteiger partial charge is 0.0521 e. The van der Waals surface area contributed by atoms with Gasteiger partial charge in [0.1, 0.15) is 0 Å². The zero-order chi connectivity index (χ0) is 13.9. The molecule has 0 amide bonds. The minimum atomic E-state index is 0.468. The molecule has 1 atom stereocenters. The first kappa shape index (κ1) is 14.2. The molecule has 0 bridgehead atoms. The van der Waals surface area contributed by atoms with Gasteiger partial charge < -0.3 is 5.32 Å². The SMILES string of the molecule is CNC(CCc1cnn(C)c1)c1cc2c(s1)CCSC2. The molecule has 2 aromatic heterocycles. The average Bonchev–Trinajstić information content (AvgIpc) is 3.05. The normalized spacial score (nSPS) is 16.1. The Morgan fingerprint density at radius 3 is 3.10 bits per heavy atom. The molecular formula is C15H21N3S2. The van der Waals surface area contributed by atoms with Crippen LogP contribution < -0.4 is 5.32 Å². The lowest BCUT2D eigenvalue weighted by Crippen LogP contribution is -2.15. The van der Waals surface area contributed by atoms with Crippen LogP contribution in [0.5, 0.6) is 0 Å². The molecule has 0 fully saturated rings. The number of hydrogen-bond acceptors (Lipinski definition) is 4. The van der Waals surface area contributed by atoms with E-state index in [2.05, 4.69) is 41.5 Å². The predicted molar refractivity (Wildman–Crippen MR) is 87.5 cm³/mol. The monoisotopic (exact) mass is 307 g/mol. The van der Waals surface area contributed by atoms with E-state index in [1.54, 1.807) is 10.4 Å². The van der Waals surface area contributed by atoms with E-state index in [1.807, 2.05) is 29.3 Å². The van der Waals surface area contributed by atoms with E-state index >= 15 is 0 Å². The lowest BCUT2D eigenvalue weighted by Gasteiger charge is -2.13. The quantitative estimate of drug-likeness (QED) is 0.920. The van der Waals surface area contributed by atoms with Crippen LogP contribution in [0.4, 0.5) is 0 Å². The minimum Gasteiger partial charge on any atom is -0.312 e. The molecule has 0 saturated carbocycles. The fourth-order valence-corrected chi connectivity index (χ4v) is 5.20. The van der Waals surface area contributed by atoms with Gasteiger partial charge in [0.15, 0.2) is 0 Å². The summed E-state index contributed by atoms with van der Waals surface area (Å²) in [6.07, 6.45) is 7.56. The third-order valence-corrected chi connectivity index (χ3v) is 6.18. The summed E-state index contributed by atoms with van der Waals surface area (Å²) < 4.78 is 1.88. The molecule has 1 aliphatic rings. The fourth-order valence-electron chi connectivity index (χ4n) is 2.68. The van der Waals surface area contributed by atoms with Crippen molar-refractivity contribution in [2.75, 3.05) is 12.8 Å². The van der Waals surface area contributed by atoms with Crippen molar-refractivity contribution in [3.05, 3.63) is 39.3 Å². The average molecular weight is 307 g/mol. The molecule has 0 radical (unpaired) electrons. The summed E-state index contributed by atoms with van der Waals surface area (Å²) in [7, 11) is 4.05. The van der Waals surface area contributed by atoms with Gasteiger partial charge in [-0.15, -0.1) is 11.3 Å². The number of nitrogens with one attached hydrogen (secondary N) is 1. The molecule has 2 aromatic rings. The molecule has 0 spiro atoms. The van der Waals surface area contributed by atoms with Crippen LogP contribution in [0.1, 0.15) is 33.3 Å². The first-order valence-electron chi connectivity index (χ1n) is 7.10. The summed E-state index contributed by atoms with van der Waals surface area (Å²) >= 11 is 4.07. The van der Waals surface area contributed by atoms with E-state index in [9.17, 15) is 0 Å². The standard InChI is InChI=1S/C15H21N3S2/c1-16-13(4-3-11-8-17-18(2)9-11)15-7-12-10-19-6-5-14(12)20-15/h7-9,13,16H,3-6,10H2,1-2H3. The van der Waals surface area contributed by atoms with Gasteiger partial charge in [-0.1, -0.05) is 0 Å². The number of aromatic nitrogens is 2. The van der Waals surface area contributed by atoms with E-state index in [-0.39, 0.29) is 0 Å². The molecule has 1 unspecified atom stereocenters. The van der Waals surface area contributed by atoms with E-state index in [0.717, 1.165) is 12.8 Å². The molecule has 1 N–H and O–H groups in total. The van der Waals surface area contributed by atoms with Crippen molar-refractivity contribution in [3.8, 4) is 0 Å². The van der Waals surface area contributed by atoms with Crippen molar-refractivity contribution in [2.24, 2.45) is 7.05 Å². The number of thioether (sulfide) groups is 1. The lowest BCUT2D eigenvalue weighted by molar-refractivity contribution is 0.557. The Balaban J connectivity index is 1.68. The summed E-state index contributed by atoms with van der Waals surface area (Å²) in [5.41, 5.74) is 2.90. The van der Waals surface area contributed by atoms with Crippen LogP contribution >= 0.6 is 23.1 Å². The van der Waals surface area contributed by atoms with Gasteiger partial charge >= 0.3 is 0 Å².